The van der Waals surface area contributed by atoms with Gasteiger partial charge >= 0.3 is 0 Å². The Morgan fingerprint density at radius 2 is 1.89 bits per heavy atom. The van der Waals surface area contributed by atoms with Crippen LogP contribution in [-0.2, 0) is 6.61 Å². The number of furan rings is 1. The van der Waals surface area contributed by atoms with Gasteiger partial charge in [-0.2, -0.15) is 9.78 Å². The summed E-state index contributed by atoms with van der Waals surface area (Å²) in [7, 11) is 0. The number of hydrogen-bond donors (Lipinski definition) is 0. The minimum absolute atomic E-state index is 0.213. The van der Waals surface area contributed by atoms with Crippen LogP contribution in [0.5, 0.6) is 23.0 Å². The van der Waals surface area contributed by atoms with Crippen LogP contribution >= 0.6 is 34.2 Å². The van der Waals surface area contributed by atoms with E-state index in [9.17, 15) is 4.79 Å². The first kappa shape index (κ1) is 28.2. The number of halogens is 2. The van der Waals surface area contributed by atoms with Crippen LogP contribution in [0.1, 0.15) is 18.1 Å². The van der Waals surface area contributed by atoms with Gasteiger partial charge < -0.3 is 23.4 Å². The predicted molar refractivity (Wildman–Crippen MR) is 176 cm³/mol. The second kappa shape index (κ2) is 11.9. The van der Waals surface area contributed by atoms with Crippen molar-refractivity contribution in [1.29, 1.82) is 0 Å². The Hall–Kier alpha value is -4.55. The summed E-state index contributed by atoms with van der Waals surface area (Å²) in [6.07, 6.45) is 1.59. The Labute approximate surface area is 269 Å². The average Bonchev–Trinajstić information content (AvgIpc) is 3.67. The molecule has 0 unspecified atom stereocenters. The first-order valence-corrected chi connectivity index (χ1v) is 15.2. The largest absolute Gasteiger partial charge is 0.490 e. The Balaban J connectivity index is 1.25. The topological polar surface area (TPSA) is 97.3 Å². The van der Waals surface area contributed by atoms with Crippen molar-refractivity contribution in [2.45, 2.75) is 13.5 Å². The highest BCUT2D eigenvalue weighted by molar-refractivity contribution is 14.1. The van der Waals surface area contributed by atoms with Gasteiger partial charge in [0.05, 0.1) is 27.3 Å². The highest BCUT2D eigenvalue weighted by atomic mass is 127. The van der Waals surface area contributed by atoms with E-state index in [1.807, 2.05) is 43.3 Å². The van der Waals surface area contributed by atoms with Gasteiger partial charge in [0.1, 0.15) is 12.2 Å². The third kappa shape index (κ3) is 5.46. The summed E-state index contributed by atoms with van der Waals surface area (Å²) in [5.74, 6) is 3.23. The summed E-state index contributed by atoms with van der Waals surface area (Å²) in [5, 5.41) is 6.40. The summed E-state index contributed by atoms with van der Waals surface area (Å²) in [5.41, 5.74) is 2.46. The minimum Gasteiger partial charge on any atom is -0.490 e. The Bertz CT molecular complexity index is 2140. The zero-order valence-electron chi connectivity index (χ0n) is 23.3. The van der Waals surface area contributed by atoms with Gasteiger partial charge in [0.15, 0.2) is 28.8 Å². The van der Waals surface area contributed by atoms with E-state index in [2.05, 4.69) is 27.7 Å². The quantitative estimate of drug-likeness (QED) is 0.118. The SMILES string of the molecule is CCOc1cc(C=Nn2c(-c3cc4cc(Cl)ccc4o3)nc3ccccc3c2=O)cc(I)c1OCc1ccc2c(c1)OCO2. The van der Waals surface area contributed by atoms with E-state index in [1.54, 1.807) is 48.7 Å². The molecule has 0 saturated carbocycles. The molecule has 0 bridgehead atoms. The van der Waals surface area contributed by atoms with Crippen molar-refractivity contribution < 1.29 is 23.4 Å². The van der Waals surface area contributed by atoms with Crippen LogP contribution in [0, 0.1) is 3.57 Å². The normalized spacial score (nSPS) is 12.4. The van der Waals surface area contributed by atoms with Crippen LogP contribution in [0.3, 0.4) is 0 Å². The number of nitrogens with zero attached hydrogens (tertiary/aromatic N) is 3. The van der Waals surface area contributed by atoms with E-state index in [0.29, 0.717) is 63.3 Å². The molecule has 0 atom stereocenters. The van der Waals surface area contributed by atoms with Crippen molar-refractivity contribution in [1.82, 2.24) is 9.66 Å². The fraction of sp³-hybridized carbons (Fsp3) is 0.121. The zero-order chi connectivity index (χ0) is 30.2. The molecule has 2 aromatic heterocycles. The standard InChI is InChI=1S/C33H23ClIN3O6/c1-2-40-29-13-20(11-24(35)31(29)41-17-19-7-9-27-28(12-19)43-18-42-27)16-36-38-32(37-25-6-4-3-5-23(25)33(38)39)30-15-21-14-22(34)8-10-26(21)44-30/h3-16H,2,17-18H2,1H3. The van der Waals surface area contributed by atoms with Crippen LogP contribution in [0.25, 0.3) is 33.5 Å². The second-order valence-corrected chi connectivity index (χ2v) is 11.4. The average molecular weight is 720 g/mol. The fourth-order valence-electron chi connectivity index (χ4n) is 4.89. The molecule has 0 fully saturated rings. The summed E-state index contributed by atoms with van der Waals surface area (Å²) in [4.78, 5) is 18.4. The lowest BCUT2D eigenvalue weighted by atomic mass is 10.2. The molecule has 11 heteroatoms. The van der Waals surface area contributed by atoms with E-state index >= 15 is 0 Å². The molecule has 6 aromatic rings. The Kier molecular flexibility index (Phi) is 7.61. The smallest absolute Gasteiger partial charge is 0.282 e. The number of hydrogen-bond acceptors (Lipinski definition) is 8. The first-order chi connectivity index (χ1) is 21.5. The number of benzene rings is 4. The Morgan fingerprint density at radius 1 is 1.02 bits per heavy atom. The lowest BCUT2D eigenvalue weighted by Crippen LogP contribution is -2.20. The number of ether oxygens (including phenoxy) is 4. The number of aromatic nitrogens is 2. The molecule has 0 spiro atoms. The van der Waals surface area contributed by atoms with E-state index in [1.165, 1.54) is 4.68 Å². The lowest BCUT2D eigenvalue weighted by molar-refractivity contribution is 0.174. The molecule has 0 N–H and O–H groups in total. The summed E-state index contributed by atoms with van der Waals surface area (Å²) in [6.45, 7) is 2.86. The molecular weight excluding hydrogens is 697 g/mol. The summed E-state index contributed by atoms with van der Waals surface area (Å²) >= 11 is 8.40. The number of rotatable bonds is 8. The van der Waals surface area contributed by atoms with Crippen LogP contribution in [0.15, 0.2) is 93.2 Å². The number of para-hydroxylation sites is 1. The van der Waals surface area contributed by atoms with Crippen molar-refractivity contribution in [3.63, 3.8) is 0 Å². The van der Waals surface area contributed by atoms with Gasteiger partial charge in [0.25, 0.3) is 5.56 Å². The van der Waals surface area contributed by atoms with Crippen LogP contribution < -0.4 is 24.5 Å². The highest BCUT2D eigenvalue weighted by Gasteiger charge is 2.18. The highest BCUT2D eigenvalue weighted by Crippen LogP contribution is 2.36. The third-order valence-electron chi connectivity index (χ3n) is 6.93. The molecule has 4 aromatic carbocycles. The fourth-order valence-corrected chi connectivity index (χ4v) is 5.85. The predicted octanol–water partition coefficient (Wildman–Crippen LogP) is 7.66. The molecular formula is C33H23ClIN3O6. The van der Waals surface area contributed by atoms with E-state index in [-0.39, 0.29) is 18.2 Å². The van der Waals surface area contributed by atoms with Crippen molar-refractivity contribution >= 4 is 62.3 Å². The molecule has 0 aliphatic carbocycles. The maximum Gasteiger partial charge on any atom is 0.282 e. The molecule has 1 aliphatic rings. The molecule has 44 heavy (non-hydrogen) atoms. The van der Waals surface area contributed by atoms with Crippen LogP contribution in [0.4, 0.5) is 0 Å². The summed E-state index contributed by atoms with van der Waals surface area (Å²) in [6, 6.07) is 23.7. The molecule has 3 heterocycles. The van der Waals surface area contributed by atoms with Crippen molar-refractivity contribution in [3.8, 4) is 34.6 Å². The molecule has 9 nitrogen and oxygen atoms in total. The maximum absolute atomic E-state index is 13.7. The van der Waals surface area contributed by atoms with Crippen molar-refractivity contribution in [2.75, 3.05) is 13.4 Å². The van der Waals surface area contributed by atoms with Crippen molar-refractivity contribution in [2.24, 2.45) is 5.10 Å². The minimum atomic E-state index is -0.330. The van der Waals surface area contributed by atoms with E-state index in [4.69, 9.17) is 39.9 Å². The maximum atomic E-state index is 13.7. The zero-order valence-corrected chi connectivity index (χ0v) is 26.2. The second-order valence-electron chi connectivity index (χ2n) is 9.85. The van der Waals surface area contributed by atoms with Gasteiger partial charge in [-0.25, -0.2) is 4.98 Å². The van der Waals surface area contributed by atoms with Gasteiger partial charge in [-0.15, -0.1) is 0 Å². The van der Waals surface area contributed by atoms with Gasteiger partial charge in [-0.1, -0.05) is 29.8 Å². The number of fused-ring (bicyclic) bond motifs is 3. The molecule has 0 amide bonds. The monoisotopic (exact) mass is 719 g/mol. The Morgan fingerprint density at radius 3 is 2.77 bits per heavy atom. The first-order valence-electron chi connectivity index (χ1n) is 13.7. The summed E-state index contributed by atoms with van der Waals surface area (Å²) < 4.78 is 31.2. The van der Waals surface area contributed by atoms with Gasteiger partial charge in [-0.05, 0) is 101 Å². The molecule has 0 saturated heterocycles. The third-order valence-corrected chi connectivity index (χ3v) is 7.96. The lowest BCUT2D eigenvalue weighted by Gasteiger charge is -2.15. The molecule has 0 radical (unpaired) electrons. The van der Waals surface area contributed by atoms with Crippen LogP contribution in [-0.4, -0.2) is 29.3 Å². The van der Waals surface area contributed by atoms with E-state index < -0.39 is 0 Å². The molecule has 7 rings (SSSR count). The van der Waals surface area contributed by atoms with E-state index in [0.717, 1.165) is 20.3 Å². The molecule has 220 valence electrons. The van der Waals surface area contributed by atoms with Gasteiger partial charge in [0, 0.05) is 10.4 Å². The van der Waals surface area contributed by atoms with Gasteiger partial charge in [-0.3, -0.25) is 4.79 Å². The van der Waals surface area contributed by atoms with Gasteiger partial charge in [0.2, 0.25) is 12.6 Å². The van der Waals surface area contributed by atoms with Crippen LogP contribution in [0.2, 0.25) is 5.02 Å². The van der Waals surface area contributed by atoms with Crippen molar-refractivity contribution in [3.05, 3.63) is 109 Å². The molecule has 1 aliphatic heterocycles.